The summed E-state index contributed by atoms with van der Waals surface area (Å²) < 4.78 is 0. The molecule has 0 aliphatic carbocycles. The van der Waals surface area contributed by atoms with Crippen molar-refractivity contribution in [2.45, 2.75) is 33.2 Å². The van der Waals surface area contributed by atoms with Gasteiger partial charge in [0.1, 0.15) is 5.82 Å². The third-order valence-electron chi connectivity index (χ3n) is 4.53. The van der Waals surface area contributed by atoms with Crippen molar-refractivity contribution in [1.82, 2.24) is 9.97 Å². The molecule has 0 amide bonds. The minimum absolute atomic E-state index is 0.419. The van der Waals surface area contributed by atoms with Gasteiger partial charge in [-0.15, -0.1) is 0 Å². The summed E-state index contributed by atoms with van der Waals surface area (Å²) in [5.74, 6) is 1.77. The smallest absolute Gasteiger partial charge is 0.227 e. The van der Waals surface area contributed by atoms with Gasteiger partial charge in [-0.1, -0.05) is 25.1 Å². The van der Waals surface area contributed by atoms with Gasteiger partial charge in [0.15, 0.2) is 0 Å². The molecule has 24 heavy (non-hydrogen) atoms. The third-order valence-corrected chi connectivity index (χ3v) is 4.53. The quantitative estimate of drug-likeness (QED) is 0.913. The molecule has 1 saturated heterocycles. The Balaban J connectivity index is 1.67. The first-order valence-electron chi connectivity index (χ1n) is 8.83. The van der Waals surface area contributed by atoms with Crippen LogP contribution in [-0.4, -0.2) is 42.2 Å². The lowest BCUT2D eigenvalue weighted by molar-refractivity contribution is 0.639. The largest absolute Gasteiger partial charge is 0.368 e. The van der Waals surface area contributed by atoms with Gasteiger partial charge in [-0.3, -0.25) is 0 Å². The van der Waals surface area contributed by atoms with Gasteiger partial charge in [-0.05, 0) is 32.4 Å². The molecular formula is C19H27N5. The summed E-state index contributed by atoms with van der Waals surface area (Å²) in [6, 6.07) is 13.0. The number of nitrogens with one attached hydrogen (secondary N) is 1. The van der Waals surface area contributed by atoms with Gasteiger partial charge in [0, 0.05) is 49.7 Å². The summed E-state index contributed by atoms with van der Waals surface area (Å²) in [5.41, 5.74) is 2.30. The zero-order valence-electron chi connectivity index (χ0n) is 14.9. The SMILES string of the molecule is CCC(C)Nc1cc(C)nc(N2CCN(c3ccccc3)CC2)n1. The van der Waals surface area contributed by atoms with Gasteiger partial charge in [0.2, 0.25) is 5.95 Å². The molecule has 0 radical (unpaired) electrons. The van der Waals surface area contributed by atoms with Crippen LogP contribution in [-0.2, 0) is 0 Å². The van der Waals surface area contributed by atoms with Crippen molar-refractivity contribution in [3.63, 3.8) is 0 Å². The van der Waals surface area contributed by atoms with Crippen LogP contribution in [0.15, 0.2) is 36.4 Å². The molecule has 0 saturated carbocycles. The first kappa shape index (κ1) is 16.6. The van der Waals surface area contributed by atoms with Gasteiger partial charge in [-0.25, -0.2) is 4.98 Å². The van der Waals surface area contributed by atoms with E-state index in [-0.39, 0.29) is 0 Å². The van der Waals surface area contributed by atoms with Gasteiger partial charge < -0.3 is 15.1 Å². The Labute approximate surface area is 144 Å². The molecule has 1 aliphatic rings. The predicted octanol–water partition coefficient (Wildman–Crippen LogP) is 3.32. The van der Waals surface area contributed by atoms with Crippen molar-refractivity contribution in [3.05, 3.63) is 42.1 Å². The highest BCUT2D eigenvalue weighted by atomic mass is 15.3. The van der Waals surface area contributed by atoms with Crippen LogP contribution in [0, 0.1) is 6.92 Å². The Morgan fingerprint density at radius 2 is 1.71 bits per heavy atom. The maximum Gasteiger partial charge on any atom is 0.227 e. The highest BCUT2D eigenvalue weighted by Crippen LogP contribution is 2.20. The van der Waals surface area contributed by atoms with Crippen LogP contribution in [0.1, 0.15) is 26.0 Å². The fourth-order valence-electron chi connectivity index (χ4n) is 2.93. The molecule has 1 N–H and O–H groups in total. The van der Waals surface area contributed by atoms with Gasteiger partial charge in [0.05, 0.1) is 0 Å². The topological polar surface area (TPSA) is 44.3 Å². The van der Waals surface area contributed by atoms with Crippen molar-refractivity contribution < 1.29 is 0 Å². The Kier molecular flexibility index (Phi) is 5.18. The van der Waals surface area contributed by atoms with Gasteiger partial charge in [0.25, 0.3) is 0 Å². The molecule has 128 valence electrons. The first-order valence-corrected chi connectivity index (χ1v) is 8.83. The Morgan fingerprint density at radius 3 is 2.38 bits per heavy atom. The average molecular weight is 325 g/mol. The number of anilines is 3. The highest BCUT2D eigenvalue weighted by Gasteiger charge is 2.20. The van der Waals surface area contributed by atoms with E-state index in [1.807, 2.05) is 13.0 Å². The number of aryl methyl sites for hydroxylation is 1. The molecule has 1 aromatic carbocycles. The second-order valence-electron chi connectivity index (χ2n) is 6.46. The fourth-order valence-corrected chi connectivity index (χ4v) is 2.93. The number of aromatic nitrogens is 2. The monoisotopic (exact) mass is 325 g/mol. The van der Waals surface area contributed by atoms with Crippen LogP contribution in [0.2, 0.25) is 0 Å². The lowest BCUT2D eigenvalue weighted by atomic mass is 10.2. The average Bonchev–Trinajstić information content (AvgIpc) is 2.62. The number of hydrogen-bond donors (Lipinski definition) is 1. The van der Waals surface area contributed by atoms with E-state index in [2.05, 4.69) is 64.3 Å². The molecule has 2 heterocycles. The number of rotatable bonds is 5. The molecule has 5 nitrogen and oxygen atoms in total. The summed E-state index contributed by atoms with van der Waals surface area (Å²) in [6.45, 7) is 10.3. The maximum atomic E-state index is 4.73. The number of hydrogen-bond acceptors (Lipinski definition) is 5. The minimum Gasteiger partial charge on any atom is -0.368 e. The summed E-state index contributed by atoms with van der Waals surface area (Å²) in [6.07, 6.45) is 1.08. The maximum absolute atomic E-state index is 4.73. The Morgan fingerprint density at radius 1 is 1.04 bits per heavy atom. The molecule has 1 unspecified atom stereocenters. The van der Waals surface area contributed by atoms with Crippen molar-refractivity contribution in [2.24, 2.45) is 0 Å². The van der Waals surface area contributed by atoms with E-state index in [0.29, 0.717) is 6.04 Å². The van der Waals surface area contributed by atoms with E-state index >= 15 is 0 Å². The number of benzene rings is 1. The zero-order chi connectivity index (χ0) is 16.9. The third kappa shape index (κ3) is 3.96. The summed E-state index contributed by atoms with van der Waals surface area (Å²) in [7, 11) is 0. The number of nitrogens with zero attached hydrogens (tertiary/aromatic N) is 4. The molecule has 1 atom stereocenters. The second kappa shape index (κ2) is 7.51. The fraction of sp³-hybridized carbons (Fsp3) is 0.474. The van der Waals surface area contributed by atoms with E-state index in [9.17, 15) is 0 Å². The standard InChI is InChI=1S/C19H27N5/c1-4-15(2)20-18-14-16(3)21-19(22-18)24-12-10-23(11-13-24)17-8-6-5-7-9-17/h5-9,14-15H,4,10-13H2,1-3H3,(H,20,21,22). The zero-order valence-corrected chi connectivity index (χ0v) is 14.9. The summed E-state index contributed by atoms with van der Waals surface area (Å²) in [5, 5.41) is 3.46. The molecular weight excluding hydrogens is 298 g/mol. The second-order valence-corrected chi connectivity index (χ2v) is 6.46. The first-order chi connectivity index (χ1) is 11.7. The Hall–Kier alpha value is -2.30. The lowest BCUT2D eigenvalue weighted by Crippen LogP contribution is -2.47. The van der Waals surface area contributed by atoms with E-state index in [0.717, 1.165) is 50.1 Å². The van der Waals surface area contributed by atoms with E-state index < -0.39 is 0 Å². The van der Waals surface area contributed by atoms with Crippen LogP contribution in [0.5, 0.6) is 0 Å². The van der Waals surface area contributed by atoms with Gasteiger partial charge in [-0.2, -0.15) is 4.98 Å². The molecule has 1 aliphatic heterocycles. The minimum atomic E-state index is 0.419. The van der Waals surface area contributed by atoms with Crippen molar-refractivity contribution in [2.75, 3.05) is 41.3 Å². The molecule has 1 aromatic heterocycles. The molecule has 2 aromatic rings. The van der Waals surface area contributed by atoms with Crippen LogP contribution in [0.3, 0.4) is 0 Å². The van der Waals surface area contributed by atoms with Crippen molar-refractivity contribution in [3.8, 4) is 0 Å². The van der Waals surface area contributed by atoms with E-state index in [4.69, 9.17) is 4.98 Å². The number of para-hydroxylation sites is 1. The Bertz CT molecular complexity index is 650. The van der Waals surface area contributed by atoms with Crippen LogP contribution in [0.4, 0.5) is 17.5 Å². The van der Waals surface area contributed by atoms with Crippen LogP contribution in [0.25, 0.3) is 0 Å². The van der Waals surface area contributed by atoms with Crippen molar-refractivity contribution >= 4 is 17.5 Å². The predicted molar refractivity (Wildman–Crippen MR) is 101 cm³/mol. The molecule has 3 rings (SSSR count). The van der Waals surface area contributed by atoms with Crippen LogP contribution >= 0.6 is 0 Å². The normalized spacial score (nSPS) is 16.1. The molecule has 0 bridgehead atoms. The van der Waals surface area contributed by atoms with E-state index in [1.54, 1.807) is 0 Å². The highest BCUT2D eigenvalue weighted by molar-refractivity contribution is 5.49. The summed E-state index contributed by atoms with van der Waals surface area (Å²) in [4.78, 5) is 14.1. The molecule has 0 spiro atoms. The lowest BCUT2D eigenvalue weighted by Gasteiger charge is -2.36. The van der Waals surface area contributed by atoms with Crippen LogP contribution < -0.4 is 15.1 Å². The number of piperazine rings is 1. The van der Waals surface area contributed by atoms with E-state index in [1.165, 1.54) is 5.69 Å². The molecule has 1 fully saturated rings. The summed E-state index contributed by atoms with van der Waals surface area (Å²) >= 11 is 0. The van der Waals surface area contributed by atoms with Crippen molar-refractivity contribution in [1.29, 1.82) is 0 Å². The molecule has 5 heteroatoms. The van der Waals surface area contributed by atoms with Gasteiger partial charge >= 0.3 is 0 Å².